The molecule has 1 aromatic rings. The van der Waals surface area contributed by atoms with Crippen molar-refractivity contribution >= 4 is 11.7 Å². The molecule has 0 amide bonds. The Morgan fingerprint density at radius 3 is 2.74 bits per heavy atom. The maximum atomic E-state index is 11.3. The third-order valence-electron chi connectivity index (χ3n) is 2.91. The van der Waals surface area contributed by atoms with Crippen molar-refractivity contribution in [3.05, 3.63) is 24.3 Å². The number of hydrogen-bond donors (Lipinski definition) is 0. The first kappa shape index (κ1) is 15.3. The van der Waals surface area contributed by atoms with E-state index < -0.39 is 0 Å². The lowest BCUT2D eigenvalue weighted by molar-refractivity contribution is -0.143. The van der Waals surface area contributed by atoms with Crippen molar-refractivity contribution in [2.45, 2.75) is 26.7 Å². The lowest BCUT2D eigenvalue weighted by atomic mass is 10.2. The monoisotopic (exact) mass is 265 g/mol. The molecular formula is C15H23NO3. The summed E-state index contributed by atoms with van der Waals surface area (Å²) in [7, 11) is 1.66. The van der Waals surface area contributed by atoms with Crippen molar-refractivity contribution in [2.24, 2.45) is 0 Å². The molecule has 0 spiro atoms. The summed E-state index contributed by atoms with van der Waals surface area (Å²) in [5.74, 6) is 0.727. The first-order valence-electron chi connectivity index (χ1n) is 6.75. The third kappa shape index (κ3) is 5.20. The van der Waals surface area contributed by atoms with Gasteiger partial charge in [0.2, 0.25) is 0 Å². The highest BCUT2D eigenvalue weighted by Crippen LogP contribution is 2.21. The van der Waals surface area contributed by atoms with Crippen LogP contribution in [-0.4, -0.2) is 32.8 Å². The molecule has 0 saturated carbocycles. The fourth-order valence-corrected chi connectivity index (χ4v) is 1.92. The van der Waals surface area contributed by atoms with Gasteiger partial charge >= 0.3 is 5.97 Å². The lowest BCUT2D eigenvalue weighted by Crippen LogP contribution is -2.24. The summed E-state index contributed by atoms with van der Waals surface area (Å²) >= 11 is 0. The minimum Gasteiger partial charge on any atom is -0.497 e. The Kier molecular flexibility index (Phi) is 6.79. The number of carbonyl (C=O) groups excluding carboxylic acids is 1. The molecule has 1 rings (SSSR count). The van der Waals surface area contributed by atoms with Gasteiger partial charge in [-0.3, -0.25) is 4.79 Å². The van der Waals surface area contributed by atoms with Crippen LogP contribution >= 0.6 is 0 Å². The summed E-state index contributed by atoms with van der Waals surface area (Å²) < 4.78 is 10.1. The zero-order valence-corrected chi connectivity index (χ0v) is 12.0. The molecule has 0 unspecified atom stereocenters. The van der Waals surface area contributed by atoms with Crippen molar-refractivity contribution in [3.63, 3.8) is 0 Å². The van der Waals surface area contributed by atoms with Crippen LogP contribution in [0.4, 0.5) is 5.69 Å². The molecule has 106 valence electrons. The molecule has 0 saturated heterocycles. The number of benzene rings is 1. The summed E-state index contributed by atoms with van der Waals surface area (Å²) in [5, 5.41) is 0. The molecule has 0 aliphatic carbocycles. The van der Waals surface area contributed by atoms with E-state index in [1.807, 2.05) is 25.1 Å². The van der Waals surface area contributed by atoms with Gasteiger partial charge in [-0.1, -0.05) is 6.07 Å². The molecule has 0 N–H and O–H groups in total. The smallest absolute Gasteiger partial charge is 0.305 e. The molecular weight excluding hydrogens is 242 g/mol. The Hall–Kier alpha value is -1.71. The van der Waals surface area contributed by atoms with E-state index in [9.17, 15) is 4.79 Å². The molecule has 0 heterocycles. The number of ether oxygens (including phenoxy) is 2. The standard InChI is InChI=1S/C15H23NO3/c1-4-16(11-7-10-15(17)19-5-2)13-8-6-9-14(12-13)18-3/h6,8-9,12H,4-5,7,10-11H2,1-3H3. The number of esters is 1. The van der Waals surface area contributed by atoms with Crippen LogP contribution in [0.25, 0.3) is 0 Å². The quantitative estimate of drug-likeness (QED) is 0.677. The lowest BCUT2D eigenvalue weighted by Gasteiger charge is -2.23. The van der Waals surface area contributed by atoms with Gasteiger partial charge in [0, 0.05) is 31.3 Å². The van der Waals surface area contributed by atoms with E-state index in [4.69, 9.17) is 9.47 Å². The van der Waals surface area contributed by atoms with Gasteiger partial charge in [0.25, 0.3) is 0 Å². The molecule has 0 radical (unpaired) electrons. The Balaban J connectivity index is 2.50. The molecule has 0 aliphatic heterocycles. The Morgan fingerprint density at radius 1 is 1.32 bits per heavy atom. The van der Waals surface area contributed by atoms with Crippen molar-refractivity contribution < 1.29 is 14.3 Å². The fourth-order valence-electron chi connectivity index (χ4n) is 1.92. The van der Waals surface area contributed by atoms with Crippen molar-refractivity contribution in [3.8, 4) is 5.75 Å². The normalized spacial score (nSPS) is 10.1. The van der Waals surface area contributed by atoms with Crippen LogP contribution in [0.1, 0.15) is 26.7 Å². The predicted octanol–water partition coefficient (Wildman–Crippen LogP) is 2.86. The van der Waals surface area contributed by atoms with Gasteiger partial charge in [0.15, 0.2) is 0 Å². The topological polar surface area (TPSA) is 38.8 Å². The van der Waals surface area contributed by atoms with Gasteiger partial charge in [-0.2, -0.15) is 0 Å². The highest BCUT2D eigenvalue weighted by molar-refractivity contribution is 5.69. The first-order chi connectivity index (χ1) is 9.21. The predicted molar refractivity (Wildman–Crippen MR) is 76.7 cm³/mol. The molecule has 0 aromatic heterocycles. The number of hydrogen-bond acceptors (Lipinski definition) is 4. The van der Waals surface area contributed by atoms with E-state index in [1.165, 1.54) is 0 Å². The maximum Gasteiger partial charge on any atom is 0.305 e. The Bertz CT molecular complexity index is 393. The molecule has 0 aliphatic rings. The second kappa shape index (κ2) is 8.40. The molecule has 0 bridgehead atoms. The summed E-state index contributed by atoms with van der Waals surface area (Å²) in [5.41, 5.74) is 1.12. The van der Waals surface area contributed by atoms with E-state index in [0.717, 1.165) is 30.9 Å². The number of anilines is 1. The largest absolute Gasteiger partial charge is 0.497 e. The van der Waals surface area contributed by atoms with E-state index in [0.29, 0.717) is 13.0 Å². The molecule has 1 aromatic carbocycles. The Morgan fingerprint density at radius 2 is 2.11 bits per heavy atom. The molecule has 0 fully saturated rings. The molecule has 19 heavy (non-hydrogen) atoms. The van der Waals surface area contributed by atoms with Crippen LogP contribution in [0, 0.1) is 0 Å². The van der Waals surface area contributed by atoms with Crippen LogP contribution in [-0.2, 0) is 9.53 Å². The van der Waals surface area contributed by atoms with Crippen molar-refractivity contribution in [1.82, 2.24) is 0 Å². The summed E-state index contributed by atoms with van der Waals surface area (Å²) in [6.45, 7) is 6.11. The minimum absolute atomic E-state index is 0.121. The van der Waals surface area contributed by atoms with Crippen LogP contribution in [0.15, 0.2) is 24.3 Å². The second-order valence-corrected chi connectivity index (χ2v) is 4.19. The van der Waals surface area contributed by atoms with Crippen LogP contribution in [0.2, 0.25) is 0 Å². The summed E-state index contributed by atoms with van der Waals surface area (Å²) in [6, 6.07) is 7.96. The van der Waals surface area contributed by atoms with Crippen LogP contribution in [0.3, 0.4) is 0 Å². The van der Waals surface area contributed by atoms with Crippen molar-refractivity contribution in [2.75, 3.05) is 31.7 Å². The fraction of sp³-hybridized carbons (Fsp3) is 0.533. The zero-order valence-electron chi connectivity index (χ0n) is 12.0. The first-order valence-corrected chi connectivity index (χ1v) is 6.75. The zero-order chi connectivity index (χ0) is 14.1. The van der Waals surface area contributed by atoms with Crippen molar-refractivity contribution in [1.29, 1.82) is 0 Å². The highest BCUT2D eigenvalue weighted by atomic mass is 16.5. The average Bonchev–Trinajstić information content (AvgIpc) is 2.44. The van der Waals surface area contributed by atoms with Crippen LogP contribution in [0.5, 0.6) is 5.75 Å². The average molecular weight is 265 g/mol. The highest BCUT2D eigenvalue weighted by Gasteiger charge is 2.07. The van der Waals surface area contributed by atoms with Gasteiger partial charge in [-0.25, -0.2) is 0 Å². The van der Waals surface area contributed by atoms with E-state index >= 15 is 0 Å². The van der Waals surface area contributed by atoms with Gasteiger partial charge in [0.05, 0.1) is 13.7 Å². The molecule has 4 nitrogen and oxygen atoms in total. The van der Waals surface area contributed by atoms with E-state index in [1.54, 1.807) is 7.11 Å². The van der Waals surface area contributed by atoms with Gasteiger partial charge in [-0.05, 0) is 32.4 Å². The SMILES string of the molecule is CCOC(=O)CCCN(CC)c1cccc(OC)c1. The van der Waals surface area contributed by atoms with E-state index in [-0.39, 0.29) is 5.97 Å². The number of nitrogens with zero attached hydrogens (tertiary/aromatic N) is 1. The second-order valence-electron chi connectivity index (χ2n) is 4.19. The summed E-state index contributed by atoms with van der Waals surface area (Å²) in [4.78, 5) is 13.5. The number of methoxy groups -OCH3 is 1. The minimum atomic E-state index is -0.121. The van der Waals surface area contributed by atoms with Gasteiger partial charge in [-0.15, -0.1) is 0 Å². The summed E-state index contributed by atoms with van der Waals surface area (Å²) in [6.07, 6.45) is 1.26. The van der Waals surface area contributed by atoms with Crippen LogP contribution < -0.4 is 9.64 Å². The number of rotatable bonds is 8. The third-order valence-corrected chi connectivity index (χ3v) is 2.91. The molecule has 0 atom stereocenters. The maximum absolute atomic E-state index is 11.3. The number of carbonyl (C=O) groups is 1. The van der Waals surface area contributed by atoms with Gasteiger partial charge < -0.3 is 14.4 Å². The van der Waals surface area contributed by atoms with Gasteiger partial charge in [0.1, 0.15) is 5.75 Å². The van der Waals surface area contributed by atoms with E-state index in [2.05, 4.69) is 17.9 Å². The molecule has 4 heteroatoms. The Labute approximate surface area is 115 Å².